The van der Waals surface area contributed by atoms with Crippen LogP contribution in [0.1, 0.15) is 30.1 Å². The molecule has 1 saturated heterocycles. The average molecular weight is 479 g/mol. The summed E-state index contributed by atoms with van der Waals surface area (Å²) in [6.07, 6.45) is 8.28. The van der Waals surface area contributed by atoms with Crippen LogP contribution in [0.2, 0.25) is 5.02 Å². The Morgan fingerprint density at radius 1 is 1.15 bits per heavy atom. The number of aromatic nitrogens is 5. The third-order valence-corrected chi connectivity index (χ3v) is 8.41. The second kappa shape index (κ2) is 7.86. The summed E-state index contributed by atoms with van der Waals surface area (Å²) in [4.78, 5) is 24.5. The van der Waals surface area contributed by atoms with Gasteiger partial charge in [0.25, 0.3) is 0 Å². The smallest absolute Gasteiger partial charge is 0.157 e. The summed E-state index contributed by atoms with van der Waals surface area (Å²) in [5, 5.41) is 1.18. The van der Waals surface area contributed by atoms with Gasteiger partial charge in [-0.25, -0.2) is 15.0 Å². The molecule has 4 aromatic heterocycles. The van der Waals surface area contributed by atoms with E-state index in [4.69, 9.17) is 28.1 Å². The van der Waals surface area contributed by atoms with Crippen LogP contribution in [-0.2, 0) is 6.42 Å². The van der Waals surface area contributed by atoms with E-state index in [1.807, 2.05) is 18.3 Å². The van der Waals surface area contributed by atoms with Gasteiger partial charge in [0.1, 0.15) is 22.2 Å². The molecule has 168 valence electrons. The maximum atomic E-state index is 6.69. The Bertz CT molecular complexity index is 1350. The first-order valence-electron chi connectivity index (χ1n) is 10.9. The number of H-pyrrole nitrogens is 1. The van der Waals surface area contributed by atoms with Crippen molar-refractivity contribution in [1.29, 1.82) is 0 Å². The van der Waals surface area contributed by atoms with Crippen molar-refractivity contribution in [2.45, 2.75) is 35.2 Å². The topological polar surface area (TPSA) is 123 Å². The maximum absolute atomic E-state index is 6.69. The van der Waals surface area contributed by atoms with Gasteiger partial charge in [0, 0.05) is 48.2 Å². The first-order chi connectivity index (χ1) is 16.0. The van der Waals surface area contributed by atoms with Crippen molar-refractivity contribution in [3.8, 4) is 0 Å². The number of halogens is 1. The summed E-state index contributed by atoms with van der Waals surface area (Å²) in [7, 11) is 0. The lowest BCUT2D eigenvalue weighted by Crippen LogP contribution is -2.44. The van der Waals surface area contributed by atoms with Gasteiger partial charge in [-0.1, -0.05) is 29.4 Å². The van der Waals surface area contributed by atoms with Gasteiger partial charge >= 0.3 is 0 Å². The van der Waals surface area contributed by atoms with Crippen molar-refractivity contribution < 1.29 is 0 Å². The molecule has 10 heteroatoms. The molecule has 0 unspecified atom stereocenters. The molecule has 1 spiro atoms. The number of nitrogen functional groups attached to an aromatic ring is 1. The molecule has 1 aliphatic carbocycles. The van der Waals surface area contributed by atoms with Crippen LogP contribution < -0.4 is 16.4 Å². The van der Waals surface area contributed by atoms with Crippen molar-refractivity contribution in [2.75, 3.05) is 23.7 Å². The number of nitrogens with one attached hydrogen (secondary N) is 1. The zero-order valence-electron chi connectivity index (χ0n) is 17.8. The predicted molar refractivity (Wildman–Crippen MR) is 130 cm³/mol. The molecular weight excluding hydrogens is 456 g/mol. The van der Waals surface area contributed by atoms with Crippen LogP contribution in [-0.4, -0.2) is 38.0 Å². The molecule has 0 amide bonds. The summed E-state index contributed by atoms with van der Waals surface area (Å²) in [5.74, 6) is 1.35. The van der Waals surface area contributed by atoms with Crippen LogP contribution >= 0.6 is 23.4 Å². The van der Waals surface area contributed by atoms with Crippen molar-refractivity contribution >= 4 is 46.2 Å². The van der Waals surface area contributed by atoms with E-state index in [-0.39, 0.29) is 11.5 Å². The summed E-state index contributed by atoms with van der Waals surface area (Å²) < 4.78 is 0. The van der Waals surface area contributed by atoms with E-state index in [0.717, 1.165) is 59.3 Å². The Balaban J connectivity index is 1.19. The fraction of sp³-hybridized carbons (Fsp3) is 0.304. The number of fused-ring (bicyclic) bond motifs is 2. The fourth-order valence-corrected chi connectivity index (χ4v) is 6.08. The van der Waals surface area contributed by atoms with Crippen LogP contribution in [0.15, 0.2) is 52.8 Å². The highest BCUT2D eigenvalue weighted by Gasteiger charge is 2.46. The number of rotatable bonds is 3. The Morgan fingerprint density at radius 2 is 2.00 bits per heavy atom. The van der Waals surface area contributed by atoms with E-state index < -0.39 is 0 Å². The second-order valence-corrected chi connectivity index (χ2v) is 10.2. The highest BCUT2D eigenvalue weighted by atomic mass is 35.5. The van der Waals surface area contributed by atoms with E-state index >= 15 is 0 Å². The molecule has 5 N–H and O–H groups in total. The van der Waals surface area contributed by atoms with E-state index in [1.54, 1.807) is 12.4 Å². The van der Waals surface area contributed by atoms with Crippen molar-refractivity contribution in [3.63, 3.8) is 0 Å². The van der Waals surface area contributed by atoms with E-state index in [9.17, 15) is 0 Å². The Morgan fingerprint density at radius 3 is 2.82 bits per heavy atom. The van der Waals surface area contributed by atoms with Crippen LogP contribution in [0.5, 0.6) is 0 Å². The molecule has 0 aromatic carbocycles. The molecule has 33 heavy (non-hydrogen) atoms. The SMILES string of the molecule is Nc1nccc(Sc2cnc3[nH]c(N4CCC5(CC4)Cc4ncccc4[C@H]5N)cc3n2)c1Cl. The normalized spacial score (nSPS) is 19.3. The number of hydrogen-bond acceptors (Lipinski definition) is 8. The standard InChI is InChI=1S/C23H23ClN8S/c24-19-16(3-7-28-21(19)26)33-18-12-29-22-14(30-18)10-17(31-22)32-8-4-23(5-9-32)11-15-13(20(23)25)2-1-6-27-15/h1-3,6-7,10,12,20H,4-5,8-9,11,25H2,(H2,26,28)(H,29,31)/t20-/m1/s1. The van der Waals surface area contributed by atoms with Crippen LogP contribution in [0, 0.1) is 5.41 Å². The second-order valence-electron chi connectivity index (χ2n) is 8.75. The molecule has 0 bridgehead atoms. The molecule has 0 saturated carbocycles. The fourth-order valence-electron chi connectivity index (χ4n) is 5.06. The summed E-state index contributed by atoms with van der Waals surface area (Å²) in [5.41, 5.74) is 16.6. The van der Waals surface area contributed by atoms with Crippen molar-refractivity contribution in [1.82, 2.24) is 24.9 Å². The summed E-state index contributed by atoms with van der Waals surface area (Å²) in [6.45, 7) is 1.87. The molecule has 4 aromatic rings. The van der Waals surface area contributed by atoms with Crippen LogP contribution in [0.25, 0.3) is 11.2 Å². The lowest BCUT2D eigenvalue weighted by atomic mass is 9.73. The van der Waals surface area contributed by atoms with Crippen molar-refractivity contribution in [2.24, 2.45) is 11.1 Å². The van der Waals surface area contributed by atoms with Gasteiger partial charge in [-0.15, -0.1) is 0 Å². The summed E-state index contributed by atoms with van der Waals surface area (Å²) in [6, 6.07) is 8.07. The van der Waals surface area contributed by atoms with Gasteiger partial charge in [0.2, 0.25) is 0 Å². The van der Waals surface area contributed by atoms with Gasteiger partial charge in [-0.05, 0) is 42.4 Å². The number of nitrogens with two attached hydrogens (primary N) is 2. The highest BCUT2D eigenvalue weighted by molar-refractivity contribution is 7.99. The zero-order valence-corrected chi connectivity index (χ0v) is 19.4. The molecular formula is C23H23ClN8S. The molecule has 8 nitrogen and oxygen atoms in total. The highest BCUT2D eigenvalue weighted by Crippen LogP contribution is 2.50. The van der Waals surface area contributed by atoms with Gasteiger partial charge in [0.15, 0.2) is 5.65 Å². The van der Waals surface area contributed by atoms with E-state index in [2.05, 4.69) is 37.0 Å². The number of piperidine rings is 1. The third-order valence-electron chi connectivity index (χ3n) is 6.93. The molecule has 1 aliphatic heterocycles. The molecule has 5 heterocycles. The molecule has 1 atom stereocenters. The number of hydrogen-bond donors (Lipinski definition) is 3. The quantitative estimate of drug-likeness (QED) is 0.404. The minimum Gasteiger partial charge on any atom is -0.382 e. The first kappa shape index (κ1) is 20.7. The number of aromatic amines is 1. The maximum Gasteiger partial charge on any atom is 0.157 e. The number of anilines is 2. The lowest BCUT2D eigenvalue weighted by molar-refractivity contribution is 0.187. The van der Waals surface area contributed by atoms with Gasteiger partial charge in [0.05, 0.1) is 11.2 Å². The van der Waals surface area contributed by atoms with E-state index in [1.165, 1.54) is 23.0 Å². The molecule has 1 fully saturated rings. The van der Waals surface area contributed by atoms with Gasteiger partial charge in [-0.3, -0.25) is 4.98 Å². The van der Waals surface area contributed by atoms with Crippen LogP contribution in [0.3, 0.4) is 0 Å². The Labute approximate surface area is 200 Å². The summed E-state index contributed by atoms with van der Waals surface area (Å²) >= 11 is 7.70. The predicted octanol–water partition coefficient (Wildman–Crippen LogP) is 3.98. The first-order valence-corrected chi connectivity index (χ1v) is 12.1. The lowest BCUT2D eigenvalue weighted by Gasteiger charge is -2.42. The number of pyridine rings is 2. The Hall–Kier alpha value is -2.88. The minimum absolute atomic E-state index is 0.0584. The van der Waals surface area contributed by atoms with E-state index in [0.29, 0.717) is 10.8 Å². The zero-order chi connectivity index (χ0) is 22.6. The molecule has 6 rings (SSSR count). The van der Waals surface area contributed by atoms with Crippen molar-refractivity contribution in [3.05, 3.63) is 59.1 Å². The third kappa shape index (κ3) is 3.51. The molecule has 0 radical (unpaired) electrons. The van der Waals surface area contributed by atoms with Gasteiger partial charge in [-0.2, -0.15) is 0 Å². The minimum atomic E-state index is 0.0584. The van der Waals surface area contributed by atoms with Gasteiger partial charge < -0.3 is 21.4 Å². The largest absolute Gasteiger partial charge is 0.382 e. The molecule has 2 aliphatic rings. The average Bonchev–Trinajstić information content (AvgIpc) is 3.37. The monoisotopic (exact) mass is 478 g/mol. The number of nitrogens with zero attached hydrogens (tertiary/aromatic N) is 5. The van der Waals surface area contributed by atoms with Crippen LogP contribution in [0.4, 0.5) is 11.6 Å². The Kier molecular flexibility index (Phi) is 4.93.